The van der Waals surface area contributed by atoms with Crippen LogP contribution in [0.2, 0.25) is 5.02 Å². The zero-order valence-electron chi connectivity index (χ0n) is 10.2. The summed E-state index contributed by atoms with van der Waals surface area (Å²) < 4.78 is 0. The minimum Gasteiger partial charge on any atom is -0.508 e. The first-order valence-corrected chi connectivity index (χ1v) is 6.24. The van der Waals surface area contributed by atoms with Gasteiger partial charge in [-0.15, -0.1) is 0 Å². The van der Waals surface area contributed by atoms with Crippen LogP contribution < -0.4 is 5.32 Å². The molecule has 0 aromatic heterocycles. The summed E-state index contributed by atoms with van der Waals surface area (Å²) in [5.41, 5.74) is 5.01. The molecule has 0 spiro atoms. The van der Waals surface area contributed by atoms with E-state index in [1.807, 2.05) is 24.3 Å². The van der Waals surface area contributed by atoms with Crippen LogP contribution in [0.15, 0.2) is 49.6 Å². The number of anilines is 2. The van der Waals surface area contributed by atoms with Crippen molar-refractivity contribution in [2.75, 3.05) is 5.32 Å². The highest BCUT2D eigenvalue weighted by atomic mass is 35.5. The van der Waals surface area contributed by atoms with Gasteiger partial charge in [0.1, 0.15) is 5.76 Å². The van der Waals surface area contributed by atoms with Crippen molar-refractivity contribution < 1.29 is 5.11 Å². The molecule has 94 valence electrons. The molecular weight excluding hydrogens is 258 g/mol. The number of nitrogens with one attached hydrogen (secondary N) is 1. The van der Waals surface area contributed by atoms with E-state index in [1.165, 1.54) is 0 Å². The third-order valence-electron chi connectivity index (χ3n) is 3.28. The molecule has 0 saturated carbocycles. The predicted octanol–water partition coefficient (Wildman–Crippen LogP) is 4.99. The fourth-order valence-corrected chi connectivity index (χ4v) is 2.64. The van der Waals surface area contributed by atoms with Gasteiger partial charge in [-0.3, -0.25) is 0 Å². The largest absolute Gasteiger partial charge is 0.508 e. The Morgan fingerprint density at radius 1 is 1.16 bits per heavy atom. The molecule has 0 bridgehead atoms. The van der Waals surface area contributed by atoms with Gasteiger partial charge in [0.2, 0.25) is 0 Å². The van der Waals surface area contributed by atoms with Crippen molar-refractivity contribution in [3.63, 3.8) is 0 Å². The van der Waals surface area contributed by atoms with E-state index in [0.29, 0.717) is 10.6 Å². The quantitative estimate of drug-likeness (QED) is 0.610. The summed E-state index contributed by atoms with van der Waals surface area (Å²) in [6, 6.07) is 11.4. The highest BCUT2D eigenvalue weighted by Gasteiger charge is 2.23. The van der Waals surface area contributed by atoms with Gasteiger partial charge in [0, 0.05) is 22.4 Å². The predicted molar refractivity (Wildman–Crippen MR) is 81.0 cm³/mol. The molecule has 0 radical (unpaired) electrons. The lowest BCUT2D eigenvalue weighted by Crippen LogP contribution is -2.08. The van der Waals surface area contributed by atoms with Gasteiger partial charge < -0.3 is 10.4 Å². The van der Waals surface area contributed by atoms with Gasteiger partial charge in [0.05, 0.1) is 10.7 Å². The fraction of sp³-hybridized carbons (Fsp3) is 0. The van der Waals surface area contributed by atoms with E-state index in [9.17, 15) is 5.11 Å². The van der Waals surface area contributed by atoms with E-state index >= 15 is 0 Å². The van der Waals surface area contributed by atoms with Gasteiger partial charge in [0.15, 0.2) is 0 Å². The number of fused-ring (bicyclic) bond motifs is 2. The highest BCUT2D eigenvalue weighted by molar-refractivity contribution is 6.33. The maximum absolute atomic E-state index is 9.70. The van der Waals surface area contributed by atoms with E-state index in [4.69, 9.17) is 11.6 Å². The number of benzene rings is 2. The zero-order valence-corrected chi connectivity index (χ0v) is 11.0. The van der Waals surface area contributed by atoms with E-state index in [0.717, 1.165) is 28.1 Å². The molecular formula is C16H12ClNO. The smallest absolute Gasteiger partial charge is 0.117 e. The lowest BCUT2D eigenvalue weighted by Gasteiger charge is -2.26. The van der Waals surface area contributed by atoms with Crippen molar-refractivity contribution in [1.29, 1.82) is 0 Å². The second kappa shape index (κ2) is 4.18. The normalized spacial score (nSPS) is 12.4. The Hall–Kier alpha value is -2.19. The molecule has 2 nitrogen and oxygen atoms in total. The molecule has 19 heavy (non-hydrogen) atoms. The highest BCUT2D eigenvalue weighted by Crippen LogP contribution is 2.45. The number of rotatable bonds is 1. The maximum atomic E-state index is 9.70. The first-order chi connectivity index (χ1) is 9.09. The second-order valence-corrected chi connectivity index (χ2v) is 4.85. The van der Waals surface area contributed by atoms with Crippen molar-refractivity contribution in [2.24, 2.45) is 0 Å². The topological polar surface area (TPSA) is 32.3 Å². The molecule has 0 atom stereocenters. The lowest BCUT2D eigenvalue weighted by atomic mass is 9.90. The Kier molecular flexibility index (Phi) is 2.61. The molecule has 0 saturated heterocycles. The van der Waals surface area contributed by atoms with Gasteiger partial charge in [-0.05, 0) is 23.8 Å². The Bertz CT molecular complexity index is 719. The number of aliphatic hydroxyl groups excluding tert-OH is 1. The standard InChI is InChI=1S/C16H12ClNO/c1-9-11-5-3-4-6-14(11)18-16-12(10(2)19)7-8-13(17)15(9)16/h3-8,18-19H,1-2H2. The van der Waals surface area contributed by atoms with Gasteiger partial charge in [-0.2, -0.15) is 0 Å². The number of halogens is 1. The van der Waals surface area contributed by atoms with Crippen molar-refractivity contribution in [3.05, 3.63) is 71.3 Å². The molecule has 1 aliphatic rings. The van der Waals surface area contributed by atoms with Crippen LogP contribution in [-0.4, -0.2) is 5.11 Å². The van der Waals surface area contributed by atoms with Crippen LogP contribution in [0, 0.1) is 0 Å². The van der Waals surface area contributed by atoms with Crippen molar-refractivity contribution in [1.82, 2.24) is 0 Å². The fourth-order valence-electron chi connectivity index (χ4n) is 2.37. The first kappa shape index (κ1) is 11.9. The van der Waals surface area contributed by atoms with Crippen molar-refractivity contribution in [2.45, 2.75) is 0 Å². The van der Waals surface area contributed by atoms with Gasteiger partial charge in [0.25, 0.3) is 0 Å². The molecule has 0 fully saturated rings. The van der Waals surface area contributed by atoms with Crippen LogP contribution in [0.5, 0.6) is 0 Å². The van der Waals surface area contributed by atoms with Crippen LogP contribution in [0.4, 0.5) is 11.4 Å². The summed E-state index contributed by atoms with van der Waals surface area (Å²) in [6.45, 7) is 7.71. The number of hydrogen-bond acceptors (Lipinski definition) is 2. The van der Waals surface area contributed by atoms with Crippen molar-refractivity contribution >= 4 is 34.3 Å². The maximum Gasteiger partial charge on any atom is 0.117 e. The Balaban J connectivity index is 2.30. The summed E-state index contributed by atoms with van der Waals surface area (Å²) in [7, 11) is 0. The van der Waals surface area contributed by atoms with Crippen LogP contribution in [-0.2, 0) is 0 Å². The minimum absolute atomic E-state index is 0.00703. The second-order valence-electron chi connectivity index (χ2n) is 4.44. The Morgan fingerprint density at radius 3 is 2.63 bits per heavy atom. The van der Waals surface area contributed by atoms with Gasteiger partial charge in [-0.25, -0.2) is 0 Å². The molecule has 0 amide bonds. The molecule has 2 aromatic rings. The number of aliphatic hydroxyl groups is 1. The summed E-state index contributed by atoms with van der Waals surface area (Å²) in [6.07, 6.45) is 0. The monoisotopic (exact) mass is 269 g/mol. The van der Waals surface area contributed by atoms with Crippen molar-refractivity contribution in [3.8, 4) is 0 Å². The minimum atomic E-state index is 0.00703. The van der Waals surface area contributed by atoms with E-state index < -0.39 is 0 Å². The number of hydrogen-bond donors (Lipinski definition) is 2. The third-order valence-corrected chi connectivity index (χ3v) is 3.59. The Morgan fingerprint density at radius 2 is 1.89 bits per heavy atom. The van der Waals surface area contributed by atoms with Gasteiger partial charge >= 0.3 is 0 Å². The molecule has 0 unspecified atom stereocenters. The summed E-state index contributed by atoms with van der Waals surface area (Å²) in [5, 5.41) is 13.6. The average Bonchev–Trinajstić information content (AvgIpc) is 2.38. The molecule has 2 N–H and O–H groups in total. The van der Waals surface area contributed by atoms with E-state index in [2.05, 4.69) is 18.5 Å². The molecule has 0 aliphatic carbocycles. The Labute approximate surface area is 116 Å². The molecule has 3 heteroatoms. The summed E-state index contributed by atoms with van der Waals surface area (Å²) >= 11 is 6.27. The third kappa shape index (κ3) is 1.72. The van der Waals surface area contributed by atoms with E-state index in [-0.39, 0.29) is 5.76 Å². The SMILES string of the molecule is C=C(O)c1ccc(Cl)c2c1Nc1ccccc1C2=C. The van der Waals surface area contributed by atoms with Crippen LogP contribution >= 0.6 is 11.6 Å². The molecule has 3 rings (SSSR count). The average molecular weight is 270 g/mol. The molecule has 1 heterocycles. The zero-order chi connectivity index (χ0) is 13.6. The molecule has 1 aliphatic heterocycles. The van der Waals surface area contributed by atoms with Crippen LogP contribution in [0.1, 0.15) is 16.7 Å². The molecule has 2 aromatic carbocycles. The van der Waals surface area contributed by atoms with Crippen LogP contribution in [0.25, 0.3) is 11.3 Å². The van der Waals surface area contributed by atoms with Crippen LogP contribution in [0.3, 0.4) is 0 Å². The van der Waals surface area contributed by atoms with E-state index in [1.54, 1.807) is 12.1 Å². The lowest BCUT2D eigenvalue weighted by molar-refractivity contribution is 0.514. The first-order valence-electron chi connectivity index (χ1n) is 5.86. The number of para-hydroxylation sites is 1. The summed E-state index contributed by atoms with van der Waals surface area (Å²) in [4.78, 5) is 0. The van der Waals surface area contributed by atoms with Gasteiger partial charge in [-0.1, -0.05) is 43.0 Å². The summed E-state index contributed by atoms with van der Waals surface area (Å²) in [5.74, 6) is 0.00703.